The van der Waals surface area contributed by atoms with E-state index in [1.807, 2.05) is 0 Å². The van der Waals surface area contributed by atoms with Gasteiger partial charge in [-0.25, -0.2) is 0 Å². The Labute approximate surface area is 104 Å². The number of ether oxygens (including phenoxy) is 1. The molecule has 0 spiro atoms. The van der Waals surface area contributed by atoms with Crippen LogP contribution in [0.3, 0.4) is 0 Å². The predicted molar refractivity (Wildman–Crippen MR) is 72.3 cm³/mol. The van der Waals surface area contributed by atoms with Gasteiger partial charge in [0.2, 0.25) is 0 Å². The van der Waals surface area contributed by atoms with Crippen molar-refractivity contribution in [3.8, 4) is 0 Å². The fourth-order valence-corrected chi connectivity index (χ4v) is 2.78. The Hall–Kier alpha value is 0.230. The van der Waals surface area contributed by atoms with Crippen molar-refractivity contribution in [2.45, 2.75) is 32.4 Å². The lowest BCUT2D eigenvalue weighted by Crippen LogP contribution is -2.51. The average molecular weight is 246 g/mol. The Morgan fingerprint density at radius 2 is 1.94 bits per heavy atom. The first kappa shape index (κ1) is 14.3. The van der Waals surface area contributed by atoms with Crippen molar-refractivity contribution in [2.75, 3.05) is 44.9 Å². The Bertz CT molecular complexity index is 188. The van der Waals surface area contributed by atoms with Crippen LogP contribution in [0.4, 0.5) is 0 Å². The van der Waals surface area contributed by atoms with Crippen LogP contribution in [0.1, 0.15) is 20.8 Å². The quantitative estimate of drug-likeness (QED) is 0.793. The lowest BCUT2D eigenvalue weighted by molar-refractivity contribution is 0.0916. The summed E-state index contributed by atoms with van der Waals surface area (Å²) in [5, 5.41) is 3.58. The molecule has 0 aromatic carbocycles. The molecule has 1 aliphatic rings. The number of methoxy groups -OCH3 is 1. The van der Waals surface area contributed by atoms with E-state index in [1.54, 1.807) is 7.11 Å². The maximum Gasteiger partial charge on any atom is 0.0630 e. The number of thioether (sulfide) groups is 1. The Kier molecular flexibility index (Phi) is 6.11. The highest BCUT2D eigenvalue weighted by Gasteiger charge is 2.22. The highest BCUT2D eigenvalue weighted by atomic mass is 32.2. The zero-order valence-electron chi connectivity index (χ0n) is 11.1. The first-order valence-corrected chi connectivity index (χ1v) is 7.24. The summed E-state index contributed by atoms with van der Waals surface area (Å²) in [7, 11) is 1.79. The van der Waals surface area contributed by atoms with Crippen molar-refractivity contribution in [1.82, 2.24) is 10.2 Å². The summed E-state index contributed by atoms with van der Waals surface area (Å²) in [4.78, 5) is 2.55. The van der Waals surface area contributed by atoms with E-state index >= 15 is 0 Å². The van der Waals surface area contributed by atoms with Gasteiger partial charge in [-0.3, -0.25) is 4.90 Å². The summed E-state index contributed by atoms with van der Waals surface area (Å²) in [6.45, 7) is 10.9. The van der Waals surface area contributed by atoms with E-state index < -0.39 is 0 Å². The molecule has 1 rings (SSSR count). The van der Waals surface area contributed by atoms with Crippen LogP contribution in [0.25, 0.3) is 0 Å². The summed E-state index contributed by atoms with van der Waals surface area (Å²) in [5.74, 6) is 2.52. The third kappa shape index (κ3) is 5.53. The molecule has 1 N–H and O–H groups in total. The first-order chi connectivity index (χ1) is 7.53. The molecule has 16 heavy (non-hydrogen) atoms. The van der Waals surface area contributed by atoms with Crippen LogP contribution in [0.2, 0.25) is 0 Å². The smallest absolute Gasteiger partial charge is 0.0630 e. The van der Waals surface area contributed by atoms with E-state index in [2.05, 4.69) is 42.7 Å². The van der Waals surface area contributed by atoms with E-state index in [0.717, 1.165) is 13.2 Å². The van der Waals surface area contributed by atoms with Gasteiger partial charge in [0.15, 0.2) is 0 Å². The lowest BCUT2D eigenvalue weighted by Gasteiger charge is -2.35. The molecule has 0 aromatic heterocycles. The van der Waals surface area contributed by atoms with Crippen LogP contribution >= 0.6 is 11.8 Å². The molecular formula is C12H26N2OS. The van der Waals surface area contributed by atoms with Crippen molar-refractivity contribution in [2.24, 2.45) is 0 Å². The van der Waals surface area contributed by atoms with Gasteiger partial charge in [-0.2, -0.15) is 11.8 Å². The van der Waals surface area contributed by atoms with Gasteiger partial charge in [-0.1, -0.05) is 0 Å². The number of hydrogen-bond acceptors (Lipinski definition) is 4. The standard InChI is InChI=1S/C12H26N2OS/c1-12(2,3)13-9-11(10-15-4)14-5-7-16-8-6-14/h11,13H,5-10H2,1-4H3. The normalized spacial score (nSPS) is 21.0. The summed E-state index contributed by atoms with van der Waals surface area (Å²) in [5.41, 5.74) is 0.191. The molecule has 4 heteroatoms. The molecule has 1 saturated heterocycles. The van der Waals surface area contributed by atoms with Crippen molar-refractivity contribution in [3.05, 3.63) is 0 Å². The van der Waals surface area contributed by atoms with E-state index in [9.17, 15) is 0 Å². The molecular weight excluding hydrogens is 220 g/mol. The predicted octanol–water partition coefficient (Wildman–Crippen LogP) is 1.44. The molecule has 1 fully saturated rings. The van der Waals surface area contributed by atoms with Gasteiger partial charge in [0.05, 0.1) is 6.61 Å². The zero-order chi connectivity index (χ0) is 12.0. The molecule has 0 radical (unpaired) electrons. The minimum Gasteiger partial charge on any atom is -0.383 e. The SMILES string of the molecule is COCC(CNC(C)(C)C)N1CCSCC1. The molecule has 0 aliphatic carbocycles. The van der Waals surface area contributed by atoms with E-state index in [4.69, 9.17) is 4.74 Å². The van der Waals surface area contributed by atoms with Crippen LogP contribution in [0.15, 0.2) is 0 Å². The summed E-state index contributed by atoms with van der Waals surface area (Å²) in [6.07, 6.45) is 0. The van der Waals surface area contributed by atoms with Crippen molar-refractivity contribution < 1.29 is 4.74 Å². The fourth-order valence-electron chi connectivity index (χ4n) is 1.85. The summed E-state index contributed by atoms with van der Waals surface area (Å²) < 4.78 is 5.33. The van der Waals surface area contributed by atoms with Gasteiger partial charge in [0.25, 0.3) is 0 Å². The largest absolute Gasteiger partial charge is 0.383 e. The molecule has 0 amide bonds. The Morgan fingerprint density at radius 3 is 2.44 bits per heavy atom. The van der Waals surface area contributed by atoms with Gasteiger partial charge < -0.3 is 10.1 Å². The van der Waals surface area contributed by atoms with Crippen LogP contribution in [0.5, 0.6) is 0 Å². The van der Waals surface area contributed by atoms with Crippen LogP contribution in [-0.4, -0.2) is 61.3 Å². The molecule has 1 heterocycles. The highest BCUT2D eigenvalue weighted by molar-refractivity contribution is 7.99. The second-order valence-electron chi connectivity index (χ2n) is 5.39. The van der Waals surface area contributed by atoms with Crippen LogP contribution < -0.4 is 5.32 Å². The maximum absolute atomic E-state index is 5.33. The second kappa shape index (κ2) is 6.84. The molecule has 0 aromatic rings. The molecule has 96 valence electrons. The van der Waals surface area contributed by atoms with E-state index in [0.29, 0.717) is 6.04 Å². The topological polar surface area (TPSA) is 24.5 Å². The monoisotopic (exact) mass is 246 g/mol. The Morgan fingerprint density at radius 1 is 1.31 bits per heavy atom. The fraction of sp³-hybridized carbons (Fsp3) is 1.00. The average Bonchev–Trinajstić information content (AvgIpc) is 2.24. The zero-order valence-corrected chi connectivity index (χ0v) is 11.9. The first-order valence-electron chi connectivity index (χ1n) is 6.08. The van der Waals surface area contributed by atoms with Gasteiger partial charge in [0, 0.05) is 49.8 Å². The maximum atomic E-state index is 5.33. The van der Waals surface area contributed by atoms with Crippen LogP contribution in [-0.2, 0) is 4.74 Å². The molecule has 1 atom stereocenters. The molecule has 1 aliphatic heterocycles. The van der Waals surface area contributed by atoms with Gasteiger partial charge in [-0.15, -0.1) is 0 Å². The minimum absolute atomic E-state index is 0.191. The third-order valence-electron chi connectivity index (χ3n) is 2.79. The van der Waals surface area contributed by atoms with Gasteiger partial charge in [-0.05, 0) is 20.8 Å². The minimum atomic E-state index is 0.191. The number of nitrogens with one attached hydrogen (secondary N) is 1. The highest BCUT2D eigenvalue weighted by Crippen LogP contribution is 2.13. The van der Waals surface area contributed by atoms with Gasteiger partial charge in [0.1, 0.15) is 0 Å². The van der Waals surface area contributed by atoms with Crippen LogP contribution in [0, 0.1) is 0 Å². The molecule has 3 nitrogen and oxygen atoms in total. The Balaban J connectivity index is 2.39. The van der Waals surface area contributed by atoms with Crippen molar-refractivity contribution in [3.63, 3.8) is 0 Å². The third-order valence-corrected chi connectivity index (χ3v) is 3.73. The summed E-state index contributed by atoms with van der Waals surface area (Å²) >= 11 is 2.05. The van der Waals surface area contributed by atoms with E-state index in [-0.39, 0.29) is 5.54 Å². The van der Waals surface area contributed by atoms with Crippen molar-refractivity contribution in [1.29, 1.82) is 0 Å². The number of rotatable bonds is 5. The second-order valence-corrected chi connectivity index (χ2v) is 6.61. The van der Waals surface area contributed by atoms with Gasteiger partial charge >= 0.3 is 0 Å². The number of hydrogen-bond donors (Lipinski definition) is 1. The summed E-state index contributed by atoms with van der Waals surface area (Å²) in [6, 6.07) is 0.519. The van der Waals surface area contributed by atoms with E-state index in [1.165, 1.54) is 24.6 Å². The van der Waals surface area contributed by atoms with Crippen molar-refractivity contribution >= 4 is 11.8 Å². The number of nitrogens with zero attached hydrogens (tertiary/aromatic N) is 1. The molecule has 1 unspecified atom stereocenters. The molecule has 0 saturated carbocycles. The molecule has 0 bridgehead atoms. The lowest BCUT2D eigenvalue weighted by atomic mass is 10.1.